The number of likely N-dealkylation sites (N-methyl/N-ethyl adjacent to an activating group) is 1. The van der Waals surface area contributed by atoms with E-state index in [1.54, 1.807) is 6.20 Å². The van der Waals surface area contributed by atoms with Crippen molar-refractivity contribution in [3.63, 3.8) is 0 Å². The Morgan fingerprint density at radius 1 is 1.29 bits per heavy atom. The number of carbonyl (C=O) groups is 1. The number of H-pyrrole nitrogens is 1. The summed E-state index contributed by atoms with van der Waals surface area (Å²) in [6.45, 7) is 5.54. The molecule has 0 radical (unpaired) electrons. The van der Waals surface area contributed by atoms with Crippen molar-refractivity contribution in [2.45, 2.75) is 13.3 Å². The maximum atomic E-state index is 11.9. The molecule has 0 atom stereocenters. The van der Waals surface area contributed by atoms with Crippen molar-refractivity contribution in [1.82, 2.24) is 14.8 Å². The Kier molecular flexibility index (Phi) is 5.94. The van der Waals surface area contributed by atoms with E-state index in [1.165, 1.54) is 0 Å². The van der Waals surface area contributed by atoms with Gasteiger partial charge in [0.15, 0.2) is 5.78 Å². The van der Waals surface area contributed by atoms with Crippen LogP contribution in [-0.2, 0) is 0 Å². The molecule has 17 heavy (non-hydrogen) atoms. The van der Waals surface area contributed by atoms with Crippen LogP contribution in [0.3, 0.4) is 0 Å². The average molecular weight is 237 g/mol. The van der Waals surface area contributed by atoms with Gasteiger partial charge in [0.05, 0.1) is 12.2 Å². The summed E-state index contributed by atoms with van der Waals surface area (Å²) in [6.07, 6.45) is 2.86. The van der Waals surface area contributed by atoms with Crippen molar-refractivity contribution in [1.29, 1.82) is 0 Å². The van der Waals surface area contributed by atoms with E-state index < -0.39 is 0 Å². The minimum atomic E-state index is 0.169. The van der Waals surface area contributed by atoms with Crippen molar-refractivity contribution in [2.24, 2.45) is 0 Å². The van der Waals surface area contributed by atoms with Crippen LogP contribution in [-0.4, -0.2) is 60.8 Å². The van der Waals surface area contributed by atoms with Gasteiger partial charge in [-0.25, -0.2) is 0 Å². The van der Waals surface area contributed by atoms with Gasteiger partial charge in [0, 0.05) is 19.3 Å². The summed E-state index contributed by atoms with van der Waals surface area (Å²) in [5.74, 6) is 0.169. The summed E-state index contributed by atoms with van der Waals surface area (Å²) in [5, 5.41) is 0. The number of nitrogens with zero attached hydrogens (tertiary/aromatic N) is 2. The lowest BCUT2D eigenvalue weighted by Gasteiger charge is -2.22. The number of aromatic nitrogens is 1. The van der Waals surface area contributed by atoms with Crippen LogP contribution >= 0.6 is 0 Å². The molecular weight excluding hydrogens is 214 g/mol. The van der Waals surface area contributed by atoms with E-state index in [1.807, 2.05) is 12.1 Å². The zero-order chi connectivity index (χ0) is 12.7. The third-order valence-electron chi connectivity index (χ3n) is 2.67. The number of Topliss-reactive ketones (excluding diaryl/α,β-unsaturated/α-hetero) is 1. The van der Waals surface area contributed by atoms with Gasteiger partial charge in [0.1, 0.15) is 0 Å². The van der Waals surface area contributed by atoms with Crippen molar-refractivity contribution < 1.29 is 4.79 Å². The van der Waals surface area contributed by atoms with E-state index in [4.69, 9.17) is 0 Å². The first-order valence-electron chi connectivity index (χ1n) is 6.17. The normalized spacial score (nSPS) is 11.4. The van der Waals surface area contributed by atoms with Crippen molar-refractivity contribution in [3.8, 4) is 0 Å². The fourth-order valence-electron chi connectivity index (χ4n) is 1.72. The molecule has 1 aromatic heterocycles. The highest BCUT2D eigenvalue weighted by atomic mass is 16.1. The summed E-state index contributed by atoms with van der Waals surface area (Å²) < 4.78 is 0. The van der Waals surface area contributed by atoms with Gasteiger partial charge < -0.3 is 9.88 Å². The Labute approximate surface area is 104 Å². The molecular formula is C13H23N3O. The molecule has 0 saturated heterocycles. The highest BCUT2D eigenvalue weighted by Gasteiger charge is 2.12. The number of ketones is 1. The van der Waals surface area contributed by atoms with E-state index in [0.717, 1.165) is 26.1 Å². The number of hydrogen-bond donors (Lipinski definition) is 1. The van der Waals surface area contributed by atoms with Crippen LogP contribution in [0.4, 0.5) is 0 Å². The van der Waals surface area contributed by atoms with Crippen LogP contribution in [0.2, 0.25) is 0 Å². The van der Waals surface area contributed by atoms with E-state index in [2.05, 4.69) is 35.8 Å². The van der Waals surface area contributed by atoms with Crippen LogP contribution < -0.4 is 0 Å². The molecule has 0 aliphatic rings. The molecule has 0 bridgehead atoms. The number of nitrogens with one attached hydrogen (secondary N) is 1. The molecule has 0 amide bonds. The zero-order valence-electron chi connectivity index (χ0n) is 11.1. The first-order valence-corrected chi connectivity index (χ1v) is 6.17. The second-order valence-electron chi connectivity index (χ2n) is 4.59. The fraction of sp³-hybridized carbons (Fsp3) is 0.615. The fourth-order valence-corrected chi connectivity index (χ4v) is 1.72. The SMILES string of the molecule is CCCN(CCN(C)C)CC(=O)c1ccc[nH]1. The highest BCUT2D eigenvalue weighted by Crippen LogP contribution is 2.00. The first-order chi connectivity index (χ1) is 8.13. The van der Waals surface area contributed by atoms with Crippen LogP contribution in [0.15, 0.2) is 18.3 Å². The highest BCUT2D eigenvalue weighted by molar-refractivity contribution is 5.95. The number of rotatable bonds is 8. The largest absolute Gasteiger partial charge is 0.359 e. The Bertz CT molecular complexity index is 319. The second-order valence-corrected chi connectivity index (χ2v) is 4.59. The Hall–Kier alpha value is -1.13. The lowest BCUT2D eigenvalue weighted by Crippen LogP contribution is -2.36. The van der Waals surface area contributed by atoms with Gasteiger partial charge in [-0.15, -0.1) is 0 Å². The Morgan fingerprint density at radius 2 is 2.06 bits per heavy atom. The Balaban J connectivity index is 2.45. The van der Waals surface area contributed by atoms with Gasteiger partial charge >= 0.3 is 0 Å². The van der Waals surface area contributed by atoms with Crippen LogP contribution in [0, 0.1) is 0 Å². The minimum Gasteiger partial charge on any atom is -0.359 e. The third-order valence-corrected chi connectivity index (χ3v) is 2.67. The Morgan fingerprint density at radius 3 is 2.59 bits per heavy atom. The van der Waals surface area contributed by atoms with Crippen LogP contribution in [0.5, 0.6) is 0 Å². The van der Waals surface area contributed by atoms with Crippen molar-refractivity contribution in [2.75, 3.05) is 40.3 Å². The topological polar surface area (TPSA) is 39.3 Å². The quantitative estimate of drug-likeness (QED) is 0.696. The summed E-state index contributed by atoms with van der Waals surface area (Å²) in [5.41, 5.74) is 0.705. The predicted octanol–water partition coefficient (Wildman–Crippen LogP) is 1.47. The van der Waals surface area contributed by atoms with E-state index in [0.29, 0.717) is 12.2 Å². The monoisotopic (exact) mass is 237 g/mol. The van der Waals surface area contributed by atoms with Gasteiger partial charge in [-0.05, 0) is 39.2 Å². The summed E-state index contributed by atoms with van der Waals surface area (Å²) in [4.78, 5) is 19.3. The summed E-state index contributed by atoms with van der Waals surface area (Å²) >= 11 is 0. The van der Waals surface area contributed by atoms with Gasteiger partial charge in [-0.1, -0.05) is 6.92 Å². The standard InChI is InChI=1S/C13H23N3O/c1-4-8-16(10-9-15(2)3)11-13(17)12-6-5-7-14-12/h5-7,14H,4,8-11H2,1-3H3. The average Bonchev–Trinajstić information content (AvgIpc) is 2.79. The predicted molar refractivity (Wildman–Crippen MR) is 70.4 cm³/mol. The molecule has 0 aliphatic heterocycles. The number of hydrogen-bond acceptors (Lipinski definition) is 3. The molecule has 1 rings (SSSR count). The number of carbonyl (C=O) groups excluding carboxylic acids is 1. The zero-order valence-corrected chi connectivity index (χ0v) is 11.1. The summed E-state index contributed by atoms with van der Waals surface area (Å²) in [7, 11) is 4.11. The maximum absolute atomic E-state index is 11.9. The minimum absolute atomic E-state index is 0.169. The molecule has 0 aromatic carbocycles. The molecule has 1 N–H and O–H groups in total. The maximum Gasteiger partial charge on any atom is 0.192 e. The lowest BCUT2D eigenvalue weighted by molar-refractivity contribution is 0.0921. The smallest absolute Gasteiger partial charge is 0.192 e. The van der Waals surface area contributed by atoms with E-state index >= 15 is 0 Å². The first kappa shape index (κ1) is 13.9. The van der Waals surface area contributed by atoms with Gasteiger partial charge in [0.25, 0.3) is 0 Å². The molecule has 0 spiro atoms. The molecule has 0 unspecified atom stereocenters. The second kappa shape index (κ2) is 7.25. The van der Waals surface area contributed by atoms with Crippen LogP contribution in [0.25, 0.3) is 0 Å². The van der Waals surface area contributed by atoms with Crippen molar-refractivity contribution in [3.05, 3.63) is 24.0 Å². The molecule has 1 aromatic rings. The van der Waals surface area contributed by atoms with Crippen molar-refractivity contribution >= 4 is 5.78 Å². The van der Waals surface area contributed by atoms with E-state index in [9.17, 15) is 4.79 Å². The molecule has 1 heterocycles. The van der Waals surface area contributed by atoms with Gasteiger partial charge in [0.2, 0.25) is 0 Å². The molecule has 0 aliphatic carbocycles. The third kappa shape index (κ3) is 5.15. The van der Waals surface area contributed by atoms with Gasteiger partial charge in [-0.3, -0.25) is 9.69 Å². The van der Waals surface area contributed by atoms with Gasteiger partial charge in [-0.2, -0.15) is 0 Å². The molecule has 96 valence electrons. The molecule has 4 heteroatoms. The molecule has 4 nitrogen and oxygen atoms in total. The molecule has 0 saturated carbocycles. The lowest BCUT2D eigenvalue weighted by atomic mass is 10.2. The molecule has 0 fully saturated rings. The van der Waals surface area contributed by atoms with Crippen LogP contribution in [0.1, 0.15) is 23.8 Å². The summed E-state index contributed by atoms with van der Waals surface area (Å²) in [6, 6.07) is 3.69. The number of aromatic amines is 1. The van der Waals surface area contributed by atoms with E-state index in [-0.39, 0.29) is 5.78 Å².